The molecule has 2 rings (SSSR count). The Hall–Kier alpha value is -1.79. The molecule has 0 atom stereocenters. The van der Waals surface area contributed by atoms with E-state index in [4.69, 9.17) is 9.84 Å². The van der Waals surface area contributed by atoms with Gasteiger partial charge in [-0.15, -0.1) is 0 Å². The number of aromatic hydroxyl groups is 1. The summed E-state index contributed by atoms with van der Waals surface area (Å²) in [5.41, 5.74) is 0. The van der Waals surface area contributed by atoms with Gasteiger partial charge in [0.05, 0.1) is 6.61 Å². The summed E-state index contributed by atoms with van der Waals surface area (Å²) in [7, 11) is 0. The quantitative estimate of drug-likeness (QED) is 0.788. The van der Waals surface area contributed by atoms with Crippen molar-refractivity contribution in [3.63, 3.8) is 0 Å². The molecule has 0 aliphatic carbocycles. The highest BCUT2D eigenvalue weighted by molar-refractivity contribution is 5.77. The van der Waals surface area contributed by atoms with Crippen LogP contribution in [0.15, 0.2) is 24.3 Å². The number of phenols is 1. The highest BCUT2D eigenvalue weighted by Gasteiger charge is 2.20. The molecule has 0 spiro atoms. The number of β-amino-alcohol motifs (C(OH)–C–C–N with tert-alkyl or cyclic N) is 1. The number of ether oxygens (including phenoxy) is 1. The molecule has 6 nitrogen and oxygen atoms in total. The first-order valence-electron chi connectivity index (χ1n) is 6.72. The average molecular weight is 280 g/mol. The molecule has 1 fully saturated rings. The van der Waals surface area contributed by atoms with Crippen LogP contribution < -0.4 is 4.74 Å². The van der Waals surface area contributed by atoms with Gasteiger partial charge >= 0.3 is 0 Å². The molecule has 110 valence electrons. The lowest BCUT2D eigenvalue weighted by molar-refractivity contribution is -0.135. The van der Waals surface area contributed by atoms with Crippen LogP contribution in [0.2, 0.25) is 0 Å². The molecule has 1 amide bonds. The molecular weight excluding hydrogens is 260 g/mol. The van der Waals surface area contributed by atoms with Gasteiger partial charge in [0.2, 0.25) is 0 Å². The average Bonchev–Trinajstić information content (AvgIpc) is 2.46. The Bertz CT molecular complexity index is 445. The Labute approximate surface area is 118 Å². The monoisotopic (exact) mass is 280 g/mol. The van der Waals surface area contributed by atoms with E-state index in [-0.39, 0.29) is 24.9 Å². The fraction of sp³-hybridized carbons (Fsp3) is 0.500. The van der Waals surface area contributed by atoms with Gasteiger partial charge in [0.25, 0.3) is 5.91 Å². The number of hydrogen-bond donors (Lipinski definition) is 2. The maximum absolute atomic E-state index is 12.0. The number of benzene rings is 1. The van der Waals surface area contributed by atoms with Gasteiger partial charge in [0.1, 0.15) is 11.5 Å². The molecule has 0 unspecified atom stereocenters. The molecule has 20 heavy (non-hydrogen) atoms. The van der Waals surface area contributed by atoms with Crippen molar-refractivity contribution in [2.75, 3.05) is 45.9 Å². The van der Waals surface area contributed by atoms with Crippen LogP contribution in [0.1, 0.15) is 0 Å². The minimum atomic E-state index is -0.0583. The van der Waals surface area contributed by atoms with Gasteiger partial charge in [-0.3, -0.25) is 9.69 Å². The van der Waals surface area contributed by atoms with Crippen molar-refractivity contribution in [1.29, 1.82) is 0 Å². The van der Waals surface area contributed by atoms with E-state index in [2.05, 4.69) is 4.90 Å². The predicted octanol–water partition coefficient (Wildman–Crippen LogP) is -0.0925. The van der Waals surface area contributed by atoms with E-state index in [1.54, 1.807) is 23.1 Å². The molecule has 1 aliphatic heterocycles. The van der Waals surface area contributed by atoms with Gasteiger partial charge in [0.15, 0.2) is 6.61 Å². The van der Waals surface area contributed by atoms with Crippen molar-refractivity contribution < 1.29 is 19.7 Å². The highest BCUT2D eigenvalue weighted by Crippen LogP contribution is 2.17. The number of nitrogens with zero attached hydrogens (tertiary/aromatic N) is 2. The minimum absolute atomic E-state index is 0.0244. The Morgan fingerprint density at radius 3 is 2.65 bits per heavy atom. The van der Waals surface area contributed by atoms with Crippen molar-refractivity contribution in [1.82, 2.24) is 9.80 Å². The molecule has 1 aliphatic rings. The Kier molecular flexibility index (Phi) is 5.20. The van der Waals surface area contributed by atoms with Crippen molar-refractivity contribution in [2.24, 2.45) is 0 Å². The van der Waals surface area contributed by atoms with Crippen LogP contribution in [0.4, 0.5) is 0 Å². The lowest BCUT2D eigenvalue weighted by atomic mass is 10.3. The lowest BCUT2D eigenvalue weighted by Crippen LogP contribution is -2.50. The summed E-state index contributed by atoms with van der Waals surface area (Å²) >= 11 is 0. The van der Waals surface area contributed by atoms with Gasteiger partial charge in [-0.2, -0.15) is 0 Å². The van der Waals surface area contributed by atoms with Crippen LogP contribution in [-0.2, 0) is 4.79 Å². The first-order valence-corrected chi connectivity index (χ1v) is 6.72. The molecule has 0 radical (unpaired) electrons. The van der Waals surface area contributed by atoms with Crippen LogP contribution in [0.25, 0.3) is 0 Å². The number of phenolic OH excluding ortho intramolecular Hbond substituents is 1. The van der Waals surface area contributed by atoms with Gasteiger partial charge in [-0.25, -0.2) is 0 Å². The van der Waals surface area contributed by atoms with Crippen molar-refractivity contribution in [3.8, 4) is 11.5 Å². The maximum Gasteiger partial charge on any atom is 0.260 e. The number of piperazine rings is 1. The third-order valence-corrected chi connectivity index (χ3v) is 3.32. The number of rotatable bonds is 5. The smallest absolute Gasteiger partial charge is 0.260 e. The number of hydrogen-bond acceptors (Lipinski definition) is 5. The van der Waals surface area contributed by atoms with Crippen LogP contribution in [0, 0.1) is 0 Å². The Balaban J connectivity index is 1.76. The van der Waals surface area contributed by atoms with Gasteiger partial charge in [0, 0.05) is 38.8 Å². The van der Waals surface area contributed by atoms with Crippen LogP contribution >= 0.6 is 0 Å². The van der Waals surface area contributed by atoms with Gasteiger partial charge in [-0.05, 0) is 12.1 Å². The zero-order valence-corrected chi connectivity index (χ0v) is 11.4. The zero-order valence-electron chi connectivity index (χ0n) is 11.4. The first kappa shape index (κ1) is 14.6. The van der Waals surface area contributed by atoms with Crippen LogP contribution in [-0.4, -0.2) is 71.9 Å². The summed E-state index contributed by atoms with van der Waals surface area (Å²) in [5.74, 6) is 0.543. The van der Waals surface area contributed by atoms with Crippen molar-refractivity contribution in [3.05, 3.63) is 24.3 Å². The molecule has 1 aromatic rings. The molecule has 6 heteroatoms. The number of aliphatic hydroxyl groups is 1. The number of aliphatic hydroxyl groups excluding tert-OH is 1. The fourth-order valence-corrected chi connectivity index (χ4v) is 2.17. The molecule has 1 heterocycles. The second-order valence-electron chi connectivity index (χ2n) is 4.73. The SMILES string of the molecule is O=C(COc1cccc(O)c1)N1CCN(CCO)CC1. The van der Waals surface area contributed by atoms with Crippen LogP contribution in [0.3, 0.4) is 0 Å². The van der Waals surface area contributed by atoms with E-state index in [0.717, 1.165) is 13.1 Å². The van der Waals surface area contributed by atoms with E-state index in [9.17, 15) is 9.90 Å². The van der Waals surface area contributed by atoms with E-state index in [0.29, 0.717) is 25.4 Å². The van der Waals surface area contributed by atoms with Crippen LogP contribution in [0.5, 0.6) is 11.5 Å². The standard InChI is InChI=1S/C14H20N2O4/c17-9-8-15-4-6-16(7-5-15)14(19)11-20-13-3-1-2-12(18)10-13/h1-3,10,17-18H,4-9,11H2. The number of carbonyl (C=O) groups excluding carboxylic acids is 1. The first-order chi connectivity index (χ1) is 9.69. The summed E-state index contributed by atoms with van der Waals surface area (Å²) in [6.07, 6.45) is 0. The molecule has 1 saturated heterocycles. The molecule has 1 aromatic carbocycles. The summed E-state index contributed by atoms with van der Waals surface area (Å²) in [5, 5.41) is 18.2. The Morgan fingerprint density at radius 2 is 2.00 bits per heavy atom. The summed E-state index contributed by atoms with van der Waals surface area (Å²) in [6.45, 7) is 3.64. The van der Waals surface area contributed by atoms with E-state index >= 15 is 0 Å². The number of amides is 1. The third-order valence-electron chi connectivity index (χ3n) is 3.32. The molecule has 2 N–H and O–H groups in total. The Morgan fingerprint density at radius 1 is 1.25 bits per heavy atom. The second-order valence-corrected chi connectivity index (χ2v) is 4.73. The van der Waals surface area contributed by atoms with Gasteiger partial charge in [-0.1, -0.05) is 6.07 Å². The van der Waals surface area contributed by atoms with E-state index in [1.807, 2.05) is 0 Å². The van der Waals surface area contributed by atoms with Crippen molar-refractivity contribution in [2.45, 2.75) is 0 Å². The number of carbonyl (C=O) groups is 1. The normalized spacial score (nSPS) is 16.1. The topological polar surface area (TPSA) is 73.2 Å². The summed E-state index contributed by atoms with van der Waals surface area (Å²) in [6, 6.07) is 6.40. The van der Waals surface area contributed by atoms with Gasteiger partial charge < -0.3 is 19.8 Å². The third kappa shape index (κ3) is 4.11. The summed E-state index contributed by atoms with van der Waals surface area (Å²) in [4.78, 5) is 15.9. The predicted molar refractivity (Wildman–Crippen MR) is 73.7 cm³/mol. The molecule has 0 bridgehead atoms. The molecule has 0 aromatic heterocycles. The molecular formula is C14H20N2O4. The maximum atomic E-state index is 12.0. The van der Waals surface area contributed by atoms with E-state index in [1.165, 1.54) is 6.07 Å². The van der Waals surface area contributed by atoms with E-state index < -0.39 is 0 Å². The molecule has 0 saturated carbocycles. The zero-order chi connectivity index (χ0) is 14.4. The lowest BCUT2D eigenvalue weighted by Gasteiger charge is -2.34. The summed E-state index contributed by atoms with van der Waals surface area (Å²) < 4.78 is 5.37. The largest absolute Gasteiger partial charge is 0.508 e. The fourth-order valence-electron chi connectivity index (χ4n) is 2.17. The van der Waals surface area contributed by atoms with Crippen molar-refractivity contribution >= 4 is 5.91 Å². The second kappa shape index (κ2) is 7.12. The minimum Gasteiger partial charge on any atom is -0.508 e. The highest BCUT2D eigenvalue weighted by atomic mass is 16.5.